The van der Waals surface area contributed by atoms with E-state index in [1.165, 1.54) is 43.6 Å². The van der Waals surface area contributed by atoms with Gasteiger partial charge >= 0.3 is 0 Å². The van der Waals surface area contributed by atoms with Crippen LogP contribution in [0.4, 0.5) is 0 Å². The average Bonchev–Trinajstić information content (AvgIpc) is 2.77. The Kier molecular flexibility index (Phi) is 3.69. The molecule has 1 N–H and O–H groups in total. The topological polar surface area (TPSA) is 29.5 Å². The molecule has 0 radical (unpaired) electrons. The van der Waals surface area contributed by atoms with Gasteiger partial charge in [0.25, 0.3) is 0 Å². The lowest BCUT2D eigenvalue weighted by Crippen LogP contribution is -2.44. The fourth-order valence-electron chi connectivity index (χ4n) is 3.98. The molecule has 0 amide bonds. The minimum atomic E-state index is -0.0132. The van der Waals surface area contributed by atoms with Crippen LogP contribution in [0.1, 0.15) is 44.9 Å². The standard InChI is InChI=1S/C14H24O2S/c15-13-2-1-11(9-13)12-3-6-16-14(10-12)4-7-17-8-5-14/h11-13,15H,1-10H2. The molecule has 2 heterocycles. The van der Waals surface area contributed by atoms with Gasteiger partial charge in [-0.3, -0.25) is 0 Å². The van der Waals surface area contributed by atoms with Crippen molar-refractivity contribution in [3.63, 3.8) is 0 Å². The van der Waals surface area contributed by atoms with Crippen LogP contribution >= 0.6 is 11.8 Å². The number of aliphatic hydroxyl groups is 1. The summed E-state index contributed by atoms with van der Waals surface area (Å²) in [6.07, 6.45) is 8.32. The molecule has 2 nitrogen and oxygen atoms in total. The van der Waals surface area contributed by atoms with Crippen molar-refractivity contribution in [1.29, 1.82) is 0 Å². The highest BCUT2D eigenvalue weighted by Gasteiger charge is 2.42. The Hall–Kier alpha value is 0.270. The van der Waals surface area contributed by atoms with Crippen LogP contribution in [0.25, 0.3) is 0 Å². The molecule has 3 aliphatic rings. The van der Waals surface area contributed by atoms with E-state index in [9.17, 15) is 5.11 Å². The van der Waals surface area contributed by atoms with Crippen LogP contribution in [0.2, 0.25) is 0 Å². The van der Waals surface area contributed by atoms with Gasteiger partial charge in [0.2, 0.25) is 0 Å². The van der Waals surface area contributed by atoms with Crippen LogP contribution < -0.4 is 0 Å². The minimum Gasteiger partial charge on any atom is -0.393 e. The van der Waals surface area contributed by atoms with Crippen LogP contribution in [0.5, 0.6) is 0 Å². The summed E-state index contributed by atoms with van der Waals surface area (Å²) in [4.78, 5) is 0. The van der Waals surface area contributed by atoms with E-state index in [1.54, 1.807) is 0 Å². The van der Waals surface area contributed by atoms with Crippen molar-refractivity contribution < 1.29 is 9.84 Å². The molecule has 1 aliphatic carbocycles. The summed E-state index contributed by atoms with van der Waals surface area (Å²) >= 11 is 2.08. The summed E-state index contributed by atoms with van der Waals surface area (Å²) in [5, 5.41) is 9.70. The summed E-state index contributed by atoms with van der Waals surface area (Å²) in [5.74, 6) is 4.16. The molecule has 98 valence electrons. The maximum atomic E-state index is 9.70. The largest absolute Gasteiger partial charge is 0.393 e. The van der Waals surface area contributed by atoms with Crippen molar-refractivity contribution in [2.45, 2.75) is 56.7 Å². The van der Waals surface area contributed by atoms with Crippen molar-refractivity contribution in [3.8, 4) is 0 Å². The third-order valence-corrected chi connectivity index (χ3v) is 6.03. The second-order valence-corrected chi connectivity index (χ2v) is 7.35. The first kappa shape index (κ1) is 12.3. The lowest BCUT2D eigenvalue weighted by atomic mass is 9.75. The number of hydrogen-bond donors (Lipinski definition) is 1. The van der Waals surface area contributed by atoms with Gasteiger partial charge in [-0.2, -0.15) is 11.8 Å². The zero-order valence-electron chi connectivity index (χ0n) is 10.6. The number of rotatable bonds is 1. The van der Waals surface area contributed by atoms with E-state index in [0.29, 0.717) is 0 Å². The Bertz CT molecular complexity index is 257. The van der Waals surface area contributed by atoms with Crippen molar-refractivity contribution in [1.82, 2.24) is 0 Å². The van der Waals surface area contributed by atoms with Crippen LogP contribution in [0.15, 0.2) is 0 Å². The van der Waals surface area contributed by atoms with Crippen molar-refractivity contribution >= 4 is 11.8 Å². The van der Waals surface area contributed by atoms with E-state index in [-0.39, 0.29) is 11.7 Å². The van der Waals surface area contributed by atoms with Gasteiger partial charge in [0, 0.05) is 6.61 Å². The Morgan fingerprint density at radius 3 is 2.59 bits per heavy atom. The number of thioether (sulfide) groups is 1. The van der Waals surface area contributed by atoms with Gasteiger partial charge in [-0.25, -0.2) is 0 Å². The summed E-state index contributed by atoms with van der Waals surface area (Å²) in [7, 11) is 0. The molecule has 1 spiro atoms. The molecular weight excluding hydrogens is 232 g/mol. The molecule has 0 aromatic heterocycles. The van der Waals surface area contributed by atoms with E-state index < -0.39 is 0 Å². The van der Waals surface area contributed by atoms with Crippen LogP contribution in [0, 0.1) is 11.8 Å². The smallest absolute Gasteiger partial charge is 0.0701 e. The summed E-state index contributed by atoms with van der Waals surface area (Å²) in [5.41, 5.74) is 0.224. The predicted octanol–water partition coefficient (Wildman–Crippen LogP) is 2.84. The molecule has 0 aromatic rings. The summed E-state index contributed by atoms with van der Waals surface area (Å²) in [6, 6.07) is 0. The molecule has 17 heavy (non-hydrogen) atoms. The highest BCUT2D eigenvalue weighted by atomic mass is 32.2. The third-order valence-electron chi connectivity index (χ3n) is 5.05. The number of ether oxygens (including phenoxy) is 1. The van der Waals surface area contributed by atoms with Gasteiger partial charge in [0.05, 0.1) is 11.7 Å². The van der Waals surface area contributed by atoms with Gasteiger partial charge in [0.15, 0.2) is 0 Å². The first-order chi connectivity index (χ1) is 8.27. The molecule has 0 aromatic carbocycles. The lowest BCUT2D eigenvalue weighted by molar-refractivity contribution is -0.111. The maximum absolute atomic E-state index is 9.70. The zero-order valence-corrected chi connectivity index (χ0v) is 11.4. The summed E-state index contributed by atoms with van der Waals surface area (Å²) < 4.78 is 6.15. The highest BCUT2D eigenvalue weighted by Crippen LogP contribution is 2.45. The Labute approximate surface area is 108 Å². The second-order valence-electron chi connectivity index (χ2n) is 6.12. The van der Waals surface area contributed by atoms with E-state index in [4.69, 9.17) is 4.74 Å². The molecule has 0 bridgehead atoms. The number of aliphatic hydroxyl groups excluding tert-OH is 1. The maximum Gasteiger partial charge on any atom is 0.0701 e. The SMILES string of the molecule is OC1CCC(C2CCOC3(CCSCC3)C2)C1. The zero-order chi connectivity index (χ0) is 11.7. The molecule has 2 aliphatic heterocycles. The molecule has 3 atom stereocenters. The van der Waals surface area contributed by atoms with Gasteiger partial charge in [-0.1, -0.05) is 0 Å². The van der Waals surface area contributed by atoms with Crippen LogP contribution in [-0.2, 0) is 4.74 Å². The van der Waals surface area contributed by atoms with Crippen LogP contribution in [0.3, 0.4) is 0 Å². The lowest BCUT2D eigenvalue weighted by Gasteiger charge is -2.45. The fourth-order valence-corrected chi connectivity index (χ4v) is 5.22. The predicted molar refractivity (Wildman–Crippen MR) is 71.3 cm³/mol. The van der Waals surface area contributed by atoms with Gasteiger partial charge in [-0.05, 0) is 68.3 Å². The first-order valence-electron chi connectivity index (χ1n) is 7.17. The van der Waals surface area contributed by atoms with Crippen LogP contribution in [-0.4, -0.2) is 34.9 Å². The fraction of sp³-hybridized carbons (Fsp3) is 1.00. The highest BCUT2D eigenvalue weighted by molar-refractivity contribution is 7.99. The monoisotopic (exact) mass is 256 g/mol. The third kappa shape index (κ3) is 2.66. The normalized spacial score (nSPS) is 41.8. The van der Waals surface area contributed by atoms with E-state index in [0.717, 1.165) is 31.3 Å². The molecule has 3 unspecified atom stereocenters. The number of hydrogen-bond acceptors (Lipinski definition) is 3. The Morgan fingerprint density at radius 1 is 1.06 bits per heavy atom. The van der Waals surface area contributed by atoms with Gasteiger partial charge in [-0.15, -0.1) is 0 Å². The van der Waals surface area contributed by atoms with E-state index >= 15 is 0 Å². The molecule has 3 rings (SSSR count). The van der Waals surface area contributed by atoms with Gasteiger partial charge < -0.3 is 9.84 Å². The van der Waals surface area contributed by atoms with E-state index in [2.05, 4.69) is 11.8 Å². The average molecular weight is 256 g/mol. The Balaban J connectivity index is 1.62. The minimum absolute atomic E-state index is 0.0132. The molecule has 3 heteroatoms. The molecular formula is C14H24O2S. The molecule has 3 fully saturated rings. The Morgan fingerprint density at radius 2 is 1.88 bits per heavy atom. The molecule has 2 saturated heterocycles. The van der Waals surface area contributed by atoms with Crippen molar-refractivity contribution in [3.05, 3.63) is 0 Å². The first-order valence-corrected chi connectivity index (χ1v) is 8.33. The molecule has 1 saturated carbocycles. The quantitative estimate of drug-likeness (QED) is 0.782. The van der Waals surface area contributed by atoms with Gasteiger partial charge in [0.1, 0.15) is 0 Å². The van der Waals surface area contributed by atoms with E-state index in [1.807, 2.05) is 0 Å². The summed E-state index contributed by atoms with van der Waals surface area (Å²) in [6.45, 7) is 0.960. The second kappa shape index (κ2) is 5.10. The van der Waals surface area contributed by atoms with Crippen molar-refractivity contribution in [2.75, 3.05) is 18.1 Å². The van der Waals surface area contributed by atoms with Crippen molar-refractivity contribution in [2.24, 2.45) is 11.8 Å².